The van der Waals surface area contributed by atoms with Crippen molar-refractivity contribution in [3.63, 3.8) is 0 Å². The molecule has 2 aromatic carbocycles. The molecular formula is C23H18F2N4O3. The van der Waals surface area contributed by atoms with E-state index in [2.05, 4.69) is 10.1 Å². The summed E-state index contributed by atoms with van der Waals surface area (Å²) < 4.78 is 33.1. The van der Waals surface area contributed by atoms with Gasteiger partial charge >= 0.3 is 0 Å². The monoisotopic (exact) mass is 436 g/mol. The average Bonchev–Trinajstić information content (AvgIpc) is 3.24. The summed E-state index contributed by atoms with van der Waals surface area (Å²) in [4.78, 5) is 31.7. The number of halogens is 2. The lowest BCUT2D eigenvalue weighted by molar-refractivity contribution is -0.134. The first kappa shape index (κ1) is 19.9. The van der Waals surface area contributed by atoms with E-state index < -0.39 is 11.6 Å². The molecule has 0 atom stereocenters. The van der Waals surface area contributed by atoms with Gasteiger partial charge in [-0.15, -0.1) is 0 Å². The molecule has 2 aromatic heterocycles. The normalized spacial score (nSPS) is 13.2. The number of hydrogen-bond acceptors (Lipinski definition) is 4. The third-order valence-corrected chi connectivity index (χ3v) is 5.46. The summed E-state index contributed by atoms with van der Waals surface area (Å²) in [7, 11) is 0. The number of aromatic amines is 1. The maximum atomic E-state index is 13.3. The van der Waals surface area contributed by atoms with Crippen LogP contribution in [-0.2, 0) is 17.8 Å². The Morgan fingerprint density at radius 1 is 1.09 bits per heavy atom. The molecule has 4 aromatic rings. The molecular weight excluding hydrogens is 418 g/mol. The van der Waals surface area contributed by atoms with Gasteiger partial charge in [0.1, 0.15) is 5.75 Å². The van der Waals surface area contributed by atoms with Crippen LogP contribution in [0.4, 0.5) is 8.78 Å². The summed E-state index contributed by atoms with van der Waals surface area (Å²) in [6, 6.07) is 14.5. The third-order valence-electron chi connectivity index (χ3n) is 5.46. The standard InChI is InChI=1S/C23H18F2N4O3/c24-17-7-6-15(10-18(17)25)32-13-22(30)28-9-8-16-20(12-28)26-21-11-19(27-29(21)23(16)31)14-4-2-1-3-5-14/h1-7,10-11,27H,8-9,12-13H2. The number of amides is 1. The van der Waals surface area contributed by atoms with Gasteiger partial charge in [0, 0.05) is 24.2 Å². The maximum absolute atomic E-state index is 13.3. The summed E-state index contributed by atoms with van der Waals surface area (Å²) in [5.41, 5.74) is 3.10. The van der Waals surface area contributed by atoms with Crippen molar-refractivity contribution in [2.75, 3.05) is 13.2 Å². The van der Waals surface area contributed by atoms with Crippen LogP contribution in [-0.4, -0.2) is 38.6 Å². The van der Waals surface area contributed by atoms with E-state index in [1.165, 1.54) is 15.5 Å². The van der Waals surface area contributed by atoms with Crippen molar-refractivity contribution in [3.05, 3.63) is 87.8 Å². The molecule has 1 amide bonds. The SMILES string of the molecule is O=C(COc1ccc(F)c(F)c1)N1CCc2c(nc3cc(-c4ccccc4)[nH]n3c2=O)C1. The predicted molar refractivity (Wildman–Crippen MR) is 112 cm³/mol. The largest absolute Gasteiger partial charge is 0.484 e. The van der Waals surface area contributed by atoms with E-state index in [0.29, 0.717) is 29.9 Å². The molecule has 32 heavy (non-hydrogen) atoms. The van der Waals surface area contributed by atoms with Crippen LogP contribution < -0.4 is 10.3 Å². The second-order valence-corrected chi connectivity index (χ2v) is 7.50. The Kier molecular flexibility index (Phi) is 4.93. The molecule has 1 aliphatic rings. The first-order valence-corrected chi connectivity index (χ1v) is 10.0. The molecule has 0 radical (unpaired) electrons. The number of benzene rings is 2. The van der Waals surface area contributed by atoms with Crippen LogP contribution in [0.25, 0.3) is 16.9 Å². The van der Waals surface area contributed by atoms with Gasteiger partial charge in [-0.25, -0.2) is 18.3 Å². The summed E-state index contributed by atoms with van der Waals surface area (Å²) in [5, 5.41) is 3.10. The van der Waals surface area contributed by atoms with Crippen LogP contribution in [0.3, 0.4) is 0 Å². The van der Waals surface area contributed by atoms with Crippen molar-refractivity contribution in [2.24, 2.45) is 0 Å². The minimum absolute atomic E-state index is 0.0634. The molecule has 0 unspecified atom stereocenters. The second kappa shape index (κ2) is 7.92. The lowest BCUT2D eigenvalue weighted by Crippen LogP contribution is -2.41. The molecule has 5 rings (SSSR count). The first-order chi connectivity index (χ1) is 15.5. The number of nitrogens with zero attached hydrogens (tertiary/aromatic N) is 3. The van der Waals surface area contributed by atoms with Gasteiger partial charge in [-0.2, -0.15) is 0 Å². The van der Waals surface area contributed by atoms with Gasteiger partial charge in [-0.05, 0) is 24.1 Å². The van der Waals surface area contributed by atoms with Crippen LogP contribution in [0.5, 0.6) is 5.75 Å². The van der Waals surface area contributed by atoms with Crippen molar-refractivity contribution in [1.29, 1.82) is 0 Å². The summed E-state index contributed by atoms with van der Waals surface area (Å²) in [6.07, 6.45) is 0.362. The van der Waals surface area contributed by atoms with Gasteiger partial charge in [-0.1, -0.05) is 30.3 Å². The van der Waals surface area contributed by atoms with Crippen LogP contribution in [0, 0.1) is 11.6 Å². The van der Waals surface area contributed by atoms with E-state index in [9.17, 15) is 18.4 Å². The molecule has 0 spiro atoms. The molecule has 0 saturated carbocycles. The fraction of sp³-hybridized carbons (Fsp3) is 0.174. The van der Waals surface area contributed by atoms with Gasteiger partial charge in [0.15, 0.2) is 23.9 Å². The van der Waals surface area contributed by atoms with Gasteiger partial charge in [0.2, 0.25) is 0 Å². The van der Waals surface area contributed by atoms with Crippen molar-refractivity contribution in [1.82, 2.24) is 19.5 Å². The Bertz CT molecular complexity index is 1380. The van der Waals surface area contributed by atoms with E-state index in [4.69, 9.17) is 4.74 Å². The third kappa shape index (κ3) is 3.62. The van der Waals surface area contributed by atoms with Crippen molar-refractivity contribution >= 4 is 11.6 Å². The minimum Gasteiger partial charge on any atom is -0.484 e. The molecule has 1 aliphatic heterocycles. The Hall–Kier alpha value is -4.01. The smallest absolute Gasteiger partial charge is 0.276 e. The van der Waals surface area contributed by atoms with E-state index >= 15 is 0 Å². The molecule has 7 nitrogen and oxygen atoms in total. The minimum atomic E-state index is -1.04. The quantitative estimate of drug-likeness (QED) is 0.534. The molecule has 162 valence electrons. The first-order valence-electron chi connectivity index (χ1n) is 10.0. The lowest BCUT2D eigenvalue weighted by Gasteiger charge is -2.27. The summed E-state index contributed by atoms with van der Waals surface area (Å²) >= 11 is 0. The van der Waals surface area contributed by atoms with Gasteiger partial charge in [0.25, 0.3) is 11.5 Å². The fourth-order valence-electron chi connectivity index (χ4n) is 3.77. The van der Waals surface area contributed by atoms with Crippen molar-refractivity contribution < 1.29 is 18.3 Å². The van der Waals surface area contributed by atoms with Crippen LogP contribution >= 0.6 is 0 Å². The van der Waals surface area contributed by atoms with Gasteiger partial charge in [-0.3, -0.25) is 14.7 Å². The Labute approximate surface area is 180 Å². The van der Waals surface area contributed by atoms with E-state index in [-0.39, 0.29) is 30.4 Å². The van der Waals surface area contributed by atoms with Crippen LogP contribution in [0.2, 0.25) is 0 Å². The number of H-pyrrole nitrogens is 1. The number of hydrogen-bond donors (Lipinski definition) is 1. The average molecular weight is 436 g/mol. The number of rotatable bonds is 4. The van der Waals surface area contributed by atoms with Gasteiger partial charge in [0.05, 0.1) is 17.9 Å². The molecule has 0 fully saturated rings. The van der Waals surface area contributed by atoms with E-state index in [1.54, 1.807) is 6.07 Å². The molecule has 9 heteroatoms. The van der Waals surface area contributed by atoms with Crippen molar-refractivity contribution in [3.8, 4) is 17.0 Å². The lowest BCUT2D eigenvalue weighted by atomic mass is 10.1. The molecule has 0 saturated heterocycles. The number of carbonyl (C=O) groups excluding carboxylic acids is 1. The highest BCUT2D eigenvalue weighted by Crippen LogP contribution is 2.21. The van der Waals surface area contributed by atoms with Gasteiger partial charge < -0.3 is 9.64 Å². The van der Waals surface area contributed by atoms with Crippen molar-refractivity contribution in [2.45, 2.75) is 13.0 Å². The topological polar surface area (TPSA) is 79.7 Å². The highest BCUT2D eigenvalue weighted by Gasteiger charge is 2.25. The zero-order valence-corrected chi connectivity index (χ0v) is 16.8. The molecule has 0 bridgehead atoms. The number of fused-ring (bicyclic) bond motifs is 2. The van der Waals surface area contributed by atoms with E-state index in [1.807, 2.05) is 30.3 Å². The summed E-state index contributed by atoms with van der Waals surface area (Å²) in [6.45, 7) is 0.180. The Morgan fingerprint density at radius 2 is 1.91 bits per heavy atom. The number of nitrogens with one attached hydrogen (secondary N) is 1. The zero-order valence-electron chi connectivity index (χ0n) is 16.8. The highest BCUT2D eigenvalue weighted by atomic mass is 19.2. The molecule has 0 aliphatic carbocycles. The van der Waals surface area contributed by atoms with Crippen LogP contribution in [0.1, 0.15) is 11.3 Å². The number of carbonyl (C=O) groups is 1. The molecule has 1 N–H and O–H groups in total. The highest BCUT2D eigenvalue weighted by molar-refractivity contribution is 5.78. The zero-order chi connectivity index (χ0) is 22.2. The Balaban J connectivity index is 1.35. The molecule has 3 heterocycles. The number of ether oxygens (including phenoxy) is 1. The van der Waals surface area contributed by atoms with E-state index in [0.717, 1.165) is 23.4 Å². The summed E-state index contributed by atoms with van der Waals surface area (Å²) in [5.74, 6) is -2.30. The number of aromatic nitrogens is 3. The van der Waals surface area contributed by atoms with Crippen LogP contribution in [0.15, 0.2) is 59.4 Å². The maximum Gasteiger partial charge on any atom is 0.276 e. The fourth-order valence-corrected chi connectivity index (χ4v) is 3.77. The predicted octanol–water partition coefficient (Wildman–Crippen LogP) is 2.93. The Morgan fingerprint density at radius 3 is 2.69 bits per heavy atom. The second-order valence-electron chi connectivity index (χ2n) is 7.50.